The van der Waals surface area contributed by atoms with Gasteiger partial charge in [0.1, 0.15) is 42.8 Å². The first kappa shape index (κ1) is 51.0. The predicted molar refractivity (Wildman–Crippen MR) is 261 cm³/mol. The van der Waals surface area contributed by atoms with Crippen LogP contribution in [0.25, 0.3) is 0 Å². The average molecular weight is 1010 g/mol. The van der Waals surface area contributed by atoms with Crippen LogP contribution in [0.1, 0.15) is 34.7 Å². The van der Waals surface area contributed by atoms with Crippen LogP contribution in [0.2, 0.25) is 0 Å². The second kappa shape index (κ2) is 31.8. The van der Waals surface area contributed by atoms with Gasteiger partial charge in [0.15, 0.2) is 0 Å². The molecular weight excluding hydrogens is 963 g/mol. The van der Waals surface area contributed by atoms with Gasteiger partial charge in [-0.15, -0.1) is 0 Å². The summed E-state index contributed by atoms with van der Waals surface area (Å²) in [5, 5.41) is 16.1. The first-order valence-corrected chi connectivity index (χ1v) is 21.2. The molecule has 1 N–H and O–H groups in total. The molecule has 0 atom stereocenters. The van der Waals surface area contributed by atoms with Gasteiger partial charge in [0, 0.05) is 15.9 Å². The van der Waals surface area contributed by atoms with E-state index in [0.717, 1.165) is 30.7 Å². The van der Waals surface area contributed by atoms with Crippen molar-refractivity contribution in [2.24, 2.45) is 4.30 Å². The third-order valence-corrected chi connectivity index (χ3v) is 9.16. The van der Waals surface area contributed by atoms with E-state index in [4.69, 9.17) is 24.6 Å². The van der Waals surface area contributed by atoms with E-state index in [1.165, 1.54) is 34.7 Å². The van der Waals surface area contributed by atoms with Gasteiger partial charge >= 0.3 is 24.8 Å². The molecule has 11 heteroatoms. The number of benzene rings is 7. The van der Waals surface area contributed by atoms with Gasteiger partial charge < -0.3 is 19.3 Å². The molecule has 0 saturated carbocycles. The molecule has 0 unspecified atom stereocenters. The van der Waals surface area contributed by atoms with Crippen LogP contribution in [-0.2, 0) is 19.8 Å². The van der Waals surface area contributed by atoms with Gasteiger partial charge in [-0.1, -0.05) is 147 Å². The normalized spacial score (nSPS) is 9.22. The first-order chi connectivity index (χ1) is 29.1. The van der Waals surface area contributed by atoms with Gasteiger partial charge in [0.25, 0.3) is 0 Å². The molecule has 0 fully saturated rings. The maximum atomic E-state index is 8.74. The number of ether oxygens (including phenoxy) is 3. The van der Waals surface area contributed by atoms with Gasteiger partial charge in [-0.25, -0.2) is 0 Å². The van der Waals surface area contributed by atoms with E-state index in [9.17, 15) is 0 Å². The predicted octanol–water partition coefficient (Wildman–Crippen LogP) is 14.8. The summed E-state index contributed by atoms with van der Waals surface area (Å²) in [6.45, 7) is 7.40. The number of phenols is 1. The zero-order valence-electron chi connectivity index (χ0n) is 33.7. The van der Waals surface area contributed by atoms with Crippen LogP contribution in [0.15, 0.2) is 200 Å². The molecule has 0 spiro atoms. The van der Waals surface area contributed by atoms with E-state index in [0.29, 0.717) is 25.6 Å². The van der Waals surface area contributed by atoms with Crippen molar-refractivity contribution in [1.82, 2.24) is 0 Å². The molecule has 6 nitrogen and oxygen atoms in total. The Labute approximate surface area is 387 Å². The fourth-order valence-electron chi connectivity index (χ4n) is 4.55. The van der Waals surface area contributed by atoms with Gasteiger partial charge in [0.2, 0.25) is 0 Å². The molecule has 0 saturated heterocycles. The second-order valence-electron chi connectivity index (χ2n) is 12.3. The van der Waals surface area contributed by atoms with Gasteiger partial charge in [0.05, 0.1) is 10.5 Å². The molecular formula is C49H47BBr3N2O4S. The summed E-state index contributed by atoms with van der Waals surface area (Å²) in [7, 11) is 4.34. The average Bonchev–Trinajstić information content (AvgIpc) is 3.26. The molecule has 0 bridgehead atoms. The molecule has 307 valence electrons. The Morgan fingerprint density at radius 1 is 0.550 bits per heavy atom. The number of nitrogens with zero attached hydrogens (tertiary/aromatic N) is 2. The minimum atomic E-state index is 0.299. The van der Waals surface area contributed by atoms with Crippen LogP contribution < -0.4 is 14.2 Å². The van der Waals surface area contributed by atoms with Crippen molar-refractivity contribution < 1.29 is 19.3 Å². The van der Waals surface area contributed by atoms with Crippen molar-refractivity contribution >= 4 is 68.2 Å². The van der Waals surface area contributed by atoms with E-state index in [2.05, 4.69) is 141 Å². The number of hydrogen-bond acceptors (Lipinski definition) is 7. The molecule has 0 heterocycles. The quantitative estimate of drug-likeness (QED) is 0.111. The van der Waals surface area contributed by atoms with Crippen molar-refractivity contribution in [3.63, 3.8) is 0 Å². The number of halogens is 3. The first-order valence-electron chi connectivity index (χ1n) is 18.4. The Hall–Kier alpha value is -5.12. The number of rotatable bonds is 9. The third-order valence-electron chi connectivity index (χ3n) is 7.48. The van der Waals surface area contributed by atoms with E-state index >= 15 is 0 Å². The van der Waals surface area contributed by atoms with E-state index in [1.54, 1.807) is 30.3 Å². The van der Waals surface area contributed by atoms with Crippen LogP contribution in [0, 0.1) is 25.2 Å². The molecule has 0 aliphatic heterocycles. The van der Waals surface area contributed by atoms with Gasteiger partial charge in [-0.2, -0.15) is 5.26 Å². The summed E-state index contributed by atoms with van der Waals surface area (Å²) in [6.07, 6.45) is 0. The number of aryl methyl sites for hydroxylation is 2. The van der Waals surface area contributed by atoms with Crippen molar-refractivity contribution in [2.75, 3.05) is 0 Å². The molecule has 0 amide bonds. The molecule has 7 rings (SSSR count). The Morgan fingerprint density at radius 2 is 0.883 bits per heavy atom. The monoisotopic (exact) mass is 1010 g/mol. The molecule has 0 aliphatic carbocycles. The maximum absolute atomic E-state index is 8.74. The topological polar surface area (TPSA) is 84.1 Å². The Kier molecular flexibility index (Phi) is 27.0. The summed E-state index contributed by atoms with van der Waals surface area (Å²) >= 11 is 13.3. The molecule has 7 aromatic carbocycles. The number of hydrogen-bond donors (Lipinski definition) is 2. The van der Waals surface area contributed by atoms with E-state index in [-0.39, 0.29) is 0 Å². The van der Waals surface area contributed by atoms with Gasteiger partial charge in [-0.05, 0) is 125 Å². The minimum absolute atomic E-state index is 0.299. The number of nitriles is 1. The van der Waals surface area contributed by atoms with Crippen molar-refractivity contribution in [3.8, 4) is 29.1 Å². The molecule has 1 radical (unpaired) electrons. The number of phenolic OH excluding ortho intramolecular Hbond substituents is 1. The summed E-state index contributed by atoms with van der Waals surface area (Å²) < 4.78 is 22.7. The van der Waals surface area contributed by atoms with Crippen LogP contribution in [0.5, 0.6) is 23.0 Å². The SMILES string of the molecule is Brc1ccc(OCc2ccccc2)cc1.CC#N.Cc1ccc(OCc2ccccc2)c(Br)c1.Cc1ccc(OCc2ccccc2)cc1.Oc1ccc(Br)cc1.[B]=NS. The molecule has 60 heavy (non-hydrogen) atoms. The fourth-order valence-corrected chi connectivity index (χ4v) is 5.68. The standard InChI is InChI=1S/C14H13BrO.C14H14O.C13H11BrO.C6H5BrO.C2H3N.BHNS/c1-11-7-8-14(13(15)9-11)16-10-12-5-3-2-4-6-12;1-12-7-9-14(10-8-12)15-11-13-5-3-2-4-6-13;14-12-6-8-13(9-7-12)15-10-11-4-2-1-3-5-11;7-5-1-3-6(8)4-2-5;2*1-2-3/h2-9H,10H2,1H3;2-10H,11H2,1H3;1-9H,10H2;1-4,8H;1H3;3H. The van der Waals surface area contributed by atoms with Gasteiger partial charge in [-0.3, -0.25) is 0 Å². The van der Waals surface area contributed by atoms with E-state index in [1.807, 2.05) is 103 Å². The van der Waals surface area contributed by atoms with Crippen LogP contribution in [0.4, 0.5) is 0 Å². The summed E-state index contributed by atoms with van der Waals surface area (Å²) in [5.41, 5.74) is 6.02. The zero-order chi connectivity index (χ0) is 43.8. The van der Waals surface area contributed by atoms with Crippen molar-refractivity contribution in [1.29, 1.82) is 5.26 Å². The molecule has 0 aliphatic rings. The summed E-state index contributed by atoms with van der Waals surface area (Å²) in [5.74, 6) is 2.99. The Morgan fingerprint density at radius 3 is 1.25 bits per heavy atom. The fraction of sp³-hybridized carbons (Fsp3) is 0.122. The van der Waals surface area contributed by atoms with E-state index < -0.39 is 0 Å². The van der Waals surface area contributed by atoms with Crippen LogP contribution in [0.3, 0.4) is 0 Å². The van der Waals surface area contributed by atoms with Crippen LogP contribution >= 0.6 is 60.6 Å². The molecule has 7 aromatic rings. The number of aromatic hydroxyl groups is 1. The Balaban J connectivity index is 0.000000269. The summed E-state index contributed by atoms with van der Waals surface area (Å²) in [4.78, 5) is 0. The third kappa shape index (κ3) is 24.1. The van der Waals surface area contributed by atoms with Crippen molar-refractivity contribution in [3.05, 3.63) is 223 Å². The van der Waals surface area contributed by atoms with Crippen LogP contribution in [-0.4, -0.2) is 12.7 Å². The summed E-state index contributed by atoms with van der Waals surface area (Å²) in [6, 6.07) is 61.1. The Bertz CT molecular complexity index is 2110. The molecule has 0 aromatic heterocycles. The van der Waals surface area contributed by atoms with Crippen molar-refractivity contribution in [2.45, 2.75) is 40.6 Å². The second-order valence-corrected chi connectivity index (χ2v) is 15.3. The number of thiol groups is 1. The zero-order valence-corrected chi connectivity index (χ0v) is 39.3.